The number of amides is 3. The van der Waals surface area contributed by atoms with Gasteiger partial charge in [0.2, 0.25) is 5.91 Å². The fourth-order valence-corrected chi connectivity index (χ4v) is 4.15. The molecule has 2 saturated heterocycles. The molecule has 2 aliphatic rings. The topological polar surface area (TPSA) is 47.1 Å². The van der Waals surface area contributed by atoms with Crippen LogP contribution in [0.1, 0.15) is 26.7 Å². The second-order valence-electron chi connectivity index (χ2n) is 7.48. The number of piperazine rings is 1. The normalized spacial score (nSPS) is 18.3. The Bertz CT molecular complexity index is 679. The molecule has 0 spiro atoms. The van der Waals surface area contributed by atoms with Gasteiger partial charge in [-0.3, -0.25) is 4.79 Å². The van der Waals surface area contributed by atoms with E-state index in [1.165, 1.54) is 6.07 Å². The van der Waals surface area contributed by atoms with E-state index in [9.17, 15) is 14.0 Å². The lowest BCUT2D eigenvalue weighted by Crippen LogP contribution is -2.53. The minimum absolute atomic E-state index is 0.0132. The van der Waals surface area contributed by atoms with E-state index >= 15 is 0 Å². The van der Waals surface area contributed by atoms with Gasteiger partial charge in [0.25, 0.3) is 0 Å². The van der Waals surface area contributed by atoms with Crippen LogP contribution in [0.2, 0.25) is 0 Å². The van der Waals surface area contributed by atoms with Crippen LogP contribution >= 0.6 is 0 Å². The average Bonchev–Trinajstić information content (AvgIpc) is 2.74. The molecular formula is C21H31FN4O2. The molecule has 0 aromatic heterocycles. The number of benzene rings is 1. The number of urea groups is 1. The molecule has 1 aromatic carbocycles. The summed E-state index contributed by atoms with van der Waals surface area (Å²) in [6.45, 7) is 9.19. The van der Waals surface area contributed by atoms with E-state index in [-0.39, 0.29) is 23.7 Å². The maximum atomic E-state index is 14.0. The molecule has 1 aromatic rings. The van der Waals surface area contributed by atoms with Crippen LogP contribution in [0.25, 0.3) is 0 Å². The van der Waals surface area contributed by atoms with Gasteiger partial charge < -0.3 is 19.6 Å². The standard InChI is InChI=1S/C21H31FN4O2/c1-3-23(4-2)21(28)26-11-9-17(10-12-26)20(27)25-15-13-24(14-16-25)19-8-6-5-7-18(19)22/h5-8,17H,3-4,9-16H2,1-2H3. The van der Waals surface area contributed by atoms with Crippen LogP contribution in [0.5, 0.6) is 0 Å². The van der Waals surface area contributed by atoms with Gasteiger partial charge in [-0.25, -0.2) is 9.18 Å². The Morgan fingerprint density at radius 2 is 1.57 bits per heavy atom. The van der Waals surface area contributed by atoms with E-state index < -0.39 is 0 Å². The van der Waals surface area contributed by atoms with Crippen molar-refractivity contribution in [2.45, 2.75) is 26.7 Å². The molecule has 7 heteroatoms. The molecule has 0 saturated carbocycles. The minimum Gasteiger partial charge on any atom is -0.366 e. The molecule has 0 N–H and O–H groups in total. The van der Waals surface area contributed by atoms with Gasteiger partial charge in [-0.1, -0.05) is 12.1 Å². The van der Waals surface area contributed by atoms with Crippen molar-refractivity contribution < 1.29 is 14.0 Å². The quantitative estimate of drug-likeness (QED) is 0.794. The van der Waals surface area contributed by atoms with Crippen LogP contribution < -0.4 is 4.90 Å². The minimum atomic E-state index is -0.215. The maximum absolute atomic E-state index is 14.0. The van der Waals surface area contributed by atoms with Gasteiger partial charge in [-0.15, -0.1) is 0 Å². The molecule has 2 heterocycles. The zero-order valence-corrected chi connectivity index (χ0v) is 16.9. The number of anilines is 1. The van der Waals surface area contributed by atoms with Gasteiger partial charge in [0.1, 0.15) is 5.82 Å². The molecule has 0 bridgehead atoms. The first-order valence-electron chi connectivity index (χ1n) is 10.4. The summed E-state index contributed by atoms with van der Waals surface area (Å²) in [4.78, 5) is 33.0. The number of hydrogen-bond donors (Lipinski definition) is 0. The third-order valence-corrected chi connectivity index (χ3v) is 5.93. The third kappa shape index (κ3) is 4.39. The zero-order chi connectivity index (χ0) is 20.1. The van der Waals surface area contributed by atoms with E-state index in [1.807, 2.05) is 39.5 Å². The third-order valence-electron chi connectivity index (χ3n) is 5.93. The van der Waals surface area contributed by atoms with Gasteiger partial charge in [0.15, 0.2) is 0 Å². The Labute approximate surface area is 166 Å². The maximum Gasteiger partial charge on any atom is 0.319 e. The number of carbonyl (C=O) groups is 2. The Morgan fingerprint density at radius 1 is 0.964 bits per heavy atom. The Balaban J connectivity index is 1.49. The van der Waals surface area contributed by atoms with Crippen LogP contribution in [0.15, 0.2) is 24.3 Å². The summed E-state index contributed by atoms with van der Waals surface area (Å²) in [5.74, 6) is -0.0450. The highest BCUT2D eigenvalue weighted by molar-refractivity contribution is 5.80. The summed E-state index contributed by atoms with van der Waals surface area (Å²) in [6, 6.07) is 6.86. The number of para-hydroxylation sites is 1. The van der Waals surface area contributed by atoms with Crippen molar-refractivity contribution in [3.05, 3.63) is 30.1 Å². The largest absolute Gasteiger partial charge is 0.366 e. The monoisotopic (exact) mass is 390 g/mol. The van der Waals surface area contributed by atoms with E-state index in [4.69, 9.17) is 0 Å². The molecule has 28 heavy (non-hydrogen) atoms. The summed E-state index contributed by atoms with van der Waals surface area (Å²) in [5, 5.41) is 0. The van der Waals surface area contributed by atoms with E-state index in [2.05, 4.69) is 0 Å². The van der Waals surface area contributed by atoms with Crippen molar-refractivity contribution in [3.8, 4) is 0 Å². The lowest BCUT2D eigenvalue weighted by molar-refractivity contribution is -0.137. The Morgan fingerprint density at radius 3 is 2.14 bits per heavy atom. The Kier molecular flexibility index (Phi) is 6.75. The highest BCUT2D eigenvalue weighted by Gasteiger charge is 2.32. The zero-order valence-electron chi connectivity index (χ0n) is 16.9. The van der Waals surface area contributed by atoms with Crippen LogP contribution in [0, 0.1) is 11.7 Å². The number of likely N-dealkylation sites (tertiary alicyclic amines) is 1. The van der Waals surface area contributed by atoms with Crippen LogP contribution in [-0.4, -0.2) is 79.0 Å². The first kappa shape index (κ1) is 20.4. The number of carbonyl (C=O) groups excluding carboxylic acids is 2. The van der Waals surface area contributed by atoms with Crippen LogP contribution in [0.3, 0.4) is 0 Å². The molecule has 0 atom stereocenters. The first-order chi connectivity index (χ1) is 13.5. The highest BCUT2D eigenvalue weighted by atomic mass is 19.1. The predicted octanol–water partition coefficient (Wildman–Crippen LogP) is 2.65. The summed E-state index contributed by atoms with van der Waals surface area (Å²) in [6.07, 6.45) is 1.44. The lowest BCUT2D eigenvalue weighted by Gasteiger charge is -2.40. The first-order valence-corrected chi connectivity index (χ1v) is 10.4. The molecule has 3 amide bonds. The molecular weight excluding hydrogens is 359 g/mol. The van der Waals surface area contributed by atoms with Crippen molar-refractivity contribution in [1.29, 1.82) is 0 Å². The summed E-state index contributed by atoms with van der Waals surface area (Å²) < 4.78 is 14.0. The summed E-state index contributed by atoms with van der Waals surface area (Å²) in [7, 11) is 0. The summed E-state index contributed by atoms with van der Waals surface area (Å²) in [5.41, 5.74) is 0.609. The second kappa shape index (κ2) is 9.26. The number of piperidine rings is 1. The van der Waals surface area contributed by atoms with Gasteiger partial charge in [-0.2, -0.15) is 0 Å². The molecule has 6 nitrogen and oxygen atoms in total. The van der Waals surface area contributed by atoms with E-state index in [0.29, 0.717) is 58.0 Å². The van der Waals surface area contributed by atoms with Crippen molar-refractivity contribution in [1.82, 2.24) is 14.7 Å². The molecule has 154 valence electrons. The molecule has 2 fully saturated rings. The molecule has 0 radical (unpaired) electrons. The number of halogens is 1. The molecule has 0 aliphatic carbocycles. The lowest BCUT2D eigenvalue weighted by atomic mass is 9.95. The fourth-order valence-electron chi connectivity index (χ4n) is 4.15. The van der Waals surface area contributed by atoms with E-state index in [1.54, 1.807) is 12.1 Å². The molecule has 3 rings (SSSR count). The fraction of sp³-hybridized carbons (Fsp3) is 0.619. The van der Waals surface area contributed by atoms with Crippen molar-refractivity contribution in [3.63, 3.8) is 0 Å². The summed E-state index contributed by atoms with van der Waals surface area (Å²) >= 11 is 0. The van der Waals surface area contributed by atoms with Gasteiger partial charge in [-0.05, 0) is 38.8 Å². The van der Waals surface area contributed by atoms with Crippen molar-refractivity contribution in [2.75, 3.05) is 57.3 Å². The van der Waals surface area contributed by atoms with E-state index in [0.717, 1.165) is 12.8 Å². The predicted molar refractivity (Wildman–Crippen MR) is 108 cm³/mol. The number of nitrogens with zero attached hydrogens (tertiary/aromatic N) is 4. The highest BCUT2D eigenvalue weighted by Crippen LogP contribution is 2.24. The SMILES string of the molecule is CCN(CC)C(=O)N1CCC(C(=O)N2CCN(c3ccccc3F)CC2)CC1. The van der Waals surface area contributed by atoms with Crippen LogP contribution in [-0.2, 0) is 4.79 Å². The van der Waals surface area contributed by atoms with Gasteiger partial charge >= 0.3 is 6.03 Å². The molecule has 0 unspecified atom stereocenters. The van der Waals surface area contributed by atoms with Gasteiger partial charge in [0, 0.05) is 58.3 Å². The van der Waals surface area contributed by atoms with Crippen LogP contribution in [0.4, 0.5) is 14.9 Å². The average molecular weight is 391 g/mol. The second-order valence-corrected chi connectivity index (χ2v) is 7.48. The smallest absolute Gasteiger partial charge is 0.319 e. The number of rotatable bonds is 4. The number of hydrogen-bond acceptors (Lipinski definition) is 3. The van der Waals surface area contributed by atoms with Gasteiger partial charge in [0.05, 0.1) is 5.69 Å². The molecule has 2 aliphatic heterocycles. The van der Waals surface area contributed by atoms with Crippen molar-refractivity contribution in [2.24, 2.45) is 5.92 Å². The Hall–Kier alpha value is -2.31. The van der Waals surface area contributed by atoms with Crippen molar-refractivity contribution >= 4 is 17.6 Å².